The van der Waals surface area contributed by atoms with Gasteiger partial charge in [0.05, 0.1) is 19.3 Å². The van der Waals surface area contributed by atoms with Crippen LogP contribution in [0.25, 0.3) is 0 Å². The zero-order valence-corrected chi connectivity index (χ0v) is 16.0. The summed E-state index contributed by atoms with van der Waals surface area (Å²) in [5, 5.41) is 2.98. The molecule has 2 aromatic rings. The fourth-order valence-corrected chi connectivity index (χ4v) is 2.48. The van der Waals surface area contributed by atoms with E-state index in [-0.39, 0.29) is 12.0 Å². The van der Waals surface area contributed by atoms with E-state index < -0.39 is 0 Å². The van der Waals surface area contributed by atoms with Crippen LogP contribution in [0, 0.1) is 0 Å². The lowest BCUT2D eigenvalue weighted by Crippen LogP contribution is -2.23. The van der Waals surface area contributed by atoms with Gasteiger partial charge in [-0.3, -0.25) is 4.79 Å². The van der Waals surface area contributed by atoms with Crippen molar-refractivity contribution in [2.75, 3.05) is 6.61 Å². The van der Waals surface area contributed by atoms with Gasteiger partial charge in [0, 0.05) is 13.0 Å². The van der Waals surface area contributed by atoms with Gasteiger partial charge in [-0.2, -0.15) is 0 Å². The molecule has 2 aromatic carbocycles. The molecule has 1 amide bonds. The lowest BCUT2D eigenvalue weighted by molar-refractivity contribution is -0.121. The number of hydrogen-bond donors (Lipinski definition) is 1. The van der Waals surface area contributed by atoms with Gasteiger partial charge in [0.25, 0.3) is 0 Å². The molecular formula is C22H29NO3. The van der Waals surface area contributed by atoms with Gasteiger partial charge in [0.1, 0.15) is 5.75 Å². The van der Waals surface area contributed by atoms with Gasteiger partial charge in [-0.1, -0.05) is 36.4 Å². The first kappa shape index (κ1) is 20.0. The van der Waals surface area contributed by atoms with Crippen LogP contribution in [0.4, 0.5) is 0 Å². The van der Waals surface area contributed by atoms with E-state index in [4.69, 9.17) is 9.47 Å². The average molecular weight is 355 g/mol. The summed E-state index contributed by atoms with van der Waals surface area (Å²) in [7, 11) is 0. The summed E-state index contributed by atoms with van der Waals surface area (Å²) < 4.78 is 11.0. The Balaban J connectivity index is 1.71. The van der Waals surface area contributed by atoms with Crippen molar-refractivity contribution in [2.45, 2.75) is 52.9 Å². The van der Waals surface area contributed by atoms with E-state index in [9.17, 15) is 4.79 Å². The Morgan fingerprint density at radius 2 is 1.58 bits per heavy atom. The van der Waals surface area contributed by atoms with Crippen LogP contribution in [0.2, 0.25) is 0 Å². The molecule has 0 saturated heterocycles. The lowest BCUT2D eigenvalue weighted by Gasteiger charge is -2.09. The van der Waals surface area contributed by atoms with Crippen molar-refractivity contribution >= 4 is 5.91 Å². The number of rotatable bonds is 10. The van der Waals surface area contributed by atoms with Gasteiger partial charge in [-0.05, 0) is 56.0 Å². The molecule has 0 unspecified atom stereocenters. The summed E-state index contributed by atoms with van der Waals surface area (Å²) in [6.45, 7) is 7.84. The molecule has 4 heteroatoms. The van der Waals surface area contributed by atoms with Crippen LogP contribution in [-0.2, 0) is 29.1 Å². The van der Waals surface area contributed by atoms with Crippen LogP contribution in [0.5, 0.6) is 5.75 Å². The Morgan fingerprint density at radius 1 is 0.962 bits per heavy atom. The molecule has 1 N–H and O–H groups in total. The first-order valence-corrected chi connectivity index (χ1v) is 9.24. The maximum atomic E-state index is 12.0. The Bertz CT molecular complexity index is 663. The van der Waals surface area contributed by atoms with Gasteiger partial charge >= 0.3 is 0 Å². The molecule has 0 spiro atoms. The minimum absolute atomic E-state index is 0.0612. The van der Waals surface area contributed by atoms with E-state index in [1.807, 2.05) is 69.3 Å². The number of ether oxygens (including phenoxy) is 2. The summed E-state index contributed by atoms with van der Waals surface area (Å²) in [4.78, 5) is 12.0. The predicted molar refractivity (Wildman–Crippen MR) is 104 cm³/mol. The second kappa shape index (κ2) is 10.6. The first-order chi connectivity index (χ1) is 12.6. The SMILES string of the molecule is CCOc1ccc(CCC(=O)NCc2ccc(COC(C)C)cc2)cc1. The predicted octanol–water partition coefficient (Wildman–Crippen LogP) is 4.26. The van der Waals surface area contributed by atoms with Crippen molar-refractivity contribution in [1.82, 2.24) is 5.32 Å². The molecule has 2 rings (SSSR count). The molecule has 0 radical (unpaired) electrons. The number of benzene rings is 2. The molecule has 0 saturated carbocycles. The molecule has 140 valence electrons. The number of hydrogen-bond acceptors (Lipinski definition) is 3. The Labute approximate surface area is 156 Å². The molecule has 0 bridgehead atoms. The van der Waals surface area contributed by atoms with Crippen LogP contribution in [0.15, 0.2) is 48.5 Å². The lowest BCUT2D eigenvalue weighted by atomic mass is 10.1. The minimum Gasteiger partial charge on any atom is -0.494 e. The highest BCUT2D eigenvalue weighted by Gasteiger charge is 2.04. The summed E-state index contributed by atoms with van der Waals surface area (Å²) in [6, 6.07) is 16.1. The van der Waals surface area contributed by atoms with Crippen molar-refractivity contribution in [2.24, 2.45) is 0 Å². The zero-order chi connectivity index (χ0) is 18.8. The molecule has 0 atom stereocenters. The van der Waals surface area contributed by atoms with Crippen LogP contribution in [0.3, 0.4) is 0 Å². The molecule has 0 aliphatic heterocycles. The number of aryl methyl sites for hydroxylation is 1. The zero-order valence-electron chi connectivity index (χ0n) is 16.0. The number of amides is 1. The van der Waals surface area contributed by atoms with Gasteiger partial charge in [0.15, 0.2) is 0 Å². The van der Waals surface area contributed by atoms with E-state index in [1.165, 1.54) is 0 Å². The third-order valence-corrected chi connectivity index (χ3v) is 3.97. The fourth-order valence-electron chi connectivity index (χ4n) is 2.48. The largest absolute Gasteiger partial charge is 0.494 e. The molecule has 0 fully saturated rings. The van der Waals surface area contributed by atoms with Crippen molar-refractivity contribution in [1.29, 1.82) is 0 Å². The summed E-state index contributed by atoms with van der Waals surface area (Å²) in [5.74, 6) is 0.925. The molecule has 0 heterocycles. The third kappa shape index (κ3) is 7.28. The Hall–Kier alpha value is -2.33. The van der Waals surface area contributed by atoms with Crippen LogP contribution in [0.1, 0.15) is 43.9 Å². The molecule has 26 heavy (non-hydrogen) atoms. The fraction of sp³-hybridized carbons (Fsp3) is 0.409. The monoisotopic (exact) mass is 355 g/mol. The van der Waals surface area contributed by atoms with E-state index in [0.29, 0.717) is 26.2 Å². The van der Waals surface area contributed by atoms with Gasteiger partial charge < -0.3 is 14.8 Å². The summed E-state index contributed by atoms with van der Waals surface area (Å²) in [5.41, 5.74) is 3.37. The Kier molecular flexibility index (Phi) is 8.16. The highest BCUT2D eigenvalue weighted by atomic mass is 16.5. The number of carbonyl (C=O) groups excluding carboxylic acids is 1. The van der Waals surface area contributed by atoms with E-state index in [1.54, 1.807) is 0 Å². The van der Waals surface area contributed by atoms with E-state index in [2.05, 4.69) is 5.32 Å². The van der Waals surface area contributed by atoms with Crippen LogP contribution in [-0.4, -0.2) is 18.6 Å². The van der Waals surface area contributed by atoms with Gasteiger partial charge in [0.2, 0.25) is 5.91 Å². The molecular weight excluding hydrogens is 326 g/mol. The summed E-state index contributed by atoms with van der Waals surface area (Å²) in [6.07, 6.45) is 1.43. The van der Waals surface area contributed by atoms with Crippen LogP contribution >= 0.6 is 0 Å². The van der Waals surface area contributed by atoms with Crippen molar-refractivity contribution < 1.29 is 14.3 Å². The number of nitrogens with one attached hydrogen (secondary N) is 1. The summed E-state index contributed by atoms with van der Waals surface area (Å²) >= 11 is 0. The van der Waals surface area contributed by atoms with Gasteiger partial charge in [-0.25, -0.2) is 0 Å². The second-order valence-electron chi connectivity index (χ2n) is 6.53. The quantitative estimate of drug-likeness (QED) is 0.693. The average Bonchev–Trinajstić information content (AvgIpc) is 2.65. The maximum absolute atomic E-state index is 12.0. The molecule has 0 aromatic heterocycles. The van der Waals surface area contributed by atoms with Crippen LogP contribution < -0.4 is 10.1 Å². The maximum Gasteiger partial charge on any atom is 0.220 e. The topological polar surface area (TPSA) is 47.6 Å². The molecule has 0 aliphatic carbocycles. The highest BCUT2D eigenvalue weighted by molar-refractivity contribution is 5.76. The van der Waals surface area contributed by atoms with Crippen molar-refractivity contribution in [3.8, 4) is 5.75 Å². The first-order valence-electron chi connectivity index (χ1n) is 9.24. The highest BCUT2D eigenvalue weighted by Crippen LogP contribution is 2.13. The third-order valence-electron chi connectivity index (χ3n) is 3.97. The molecule has 0 aliphatic rings. The number of carbonyl (C=O) groups is 1. The van der Waals surface area contributed by atoms with Crippen molar-refractivity contribution in [3.63, 3.8) is 0 Å². The van der Waals surface area contributed by atoms with Crippen molar-refractivity contribution in [3.05, 3.63) is 65.2 Å². The van der Waals surface area contributed by atoms with Gasteiger partial charge in [-0.15, -0.1) is 0 Å². The Morgan fingerprint density at radius 3 is 2.19 bits per heavy atom. The second-order valence-corrected chi connectivity index (χ2v) is 6.53. The molecule has 4 nitrogen and oxygen atoms in total. The minimum atomic E-state index is 0.0612. The normalized spacial score (nSPS) is 10.8. The van der Waals surface area contributed by atoms with E-state index >= 15 is 0 Å². The smallest absolute Gasteiger partial charge is 0.220 e. The van der Waals surface area contributed by atoms with E-state index in [0.717, 1.165) is 28.9 Å². The standard InChI is InChI=1S/C22H29NO3/c1-4-25-21-12-9-18(10-13-21)11-14-22(24)23-15-19-5-7-20(8-6-19)16-26-17(2)3/h5-10,12-13,17H,4,11,14-16H2,1-3H3,(H,23,24).